The van der Waals surface area contributed by atoms with Gasteiger partial charge in [-0.25, -0.2) is 0 Å². The average Bonchev–Trinajstić information content (AvgIpc) is 3.16. The lowest BCUT2D eigenvalue weighted by atomic mass is 10.0. The van der Waals surface area contributed by atoms with Gasteiger partial charge in [-0.15, -0.1) is 0 Å². The van der Waals surface area contributed by atoms with Crippen LogP contribution in [-0.2, 0) is 4.79 Å². The number of nitrogens with one attached hydrogen (secondary N) is 1. The summed E-state index contributed by atoms with van der Waals surface area (Å²) in [6, 6.07) is -0.792. The third-order valence-corrected chi connectivity index (χ3v) is 11.4. The lowest BCUT2D eigenvalue weighted by molar-refractivity contribution is -0.131. The Hall–Kier alpha value is -0.910. The summed E-state index contributed by atoms with van der Waals surface area (Å²) in [5.41, 5.74) is 0. The van der Waals surface area contributed by atoms with Crippen LogP contribution in [-0.4, -0.2) is 46.1 Å². The SMILES string of the molecule is CCCCCCCCCCCCCCCC/C=C/C(O)C(CO)NC(=O)C(O)CCCCCCCCCCCCCCCCCCCCCCCCC. The van der Waals surface area contributed by atoms with Gasteiger partial charge in [-0.05, 0) is 19.3 Å². The van der Waals surface area contributed by atoms with Crippen molar-refractivity contribution in [3.63, 3.8) is 0 Å². The van der Waals surface area contributed by atoms with Crippen molar-refractivity contribution in [2.24, 2.45) is 0 Å². The number of hydrogen-bond acceptors (Lipinski definition) is 4. The second-order valence-electron chi connectivity index (χ2n) is 16.7. The van der Waals surface area contributed by atoms with Gasteiger partial charge in [0.1, 0.15) is 6.10 Å². The van der Waals surface area contributed by atoms with Crippen LogP contribution in [0.4, 0.5) is 0 Å². The Kier molecular flexibility index (Phi) is 43.1. The Morgan fingerprint density at radius 3 is 1.04 bits per heavy atom. The first-order valence-corrected chi connectivity index (χ1v) is 24.0. The smallest absolute Gasteiger partial charge is 0.249 e. The van der Waals surface area contributed by atoms with Crippen molar-refractivity contribution in [1.82, 2.24) is 5.32 Å². The molecule has 1 amide bonds. The third-order valence-electron chi connectivity index (χ3n) is 11.4. The van der Waals surface area contributed by atoms with Crippen LogP contribution in [0.2, 0.25) is 0 Å². The molecule has 0 spiro atoms. The van der Waals surface area contributed by atoms with Gasteiger partial charge in [-0.2, -0.15) is 0 Å². The normalized spacial score (nSPS) is 13.5. The van der Waals surface area contributed by atoms with Gasteiger partial charge in [0, 0.05) is 0 Å². The Morgan fingerprint density at radius 2 is 0.736 bits per heavy atom. The van der Waals surface area contributed by atoms with Gasteiger partial charge in [0.05, 0.1) is 18.8 Å². The first-order valence-electron chi connectivity index (χ1n) is 24.0. The Bertz CT molecular complexity index is 743. The first-order chi connectivity index (χ1) is 26.1. The zero-order chi connectivity index (χ0) is 38.7. The van der Waals surface area contributed by atoms with Crippen LogP contribution in [0.1, 0.15) is 264 Å². The van der Waals surface area contributed by atoms with E-state index in [-0.39, 0.29) is 6.61 Å². The largest absolute Gasteiger partial charge is 0.394 e. The van der Waals surface area contributed by atoms with E-state index in [0.717, 1.165) is 32.1 Å². The van der Waals surface area contributed by atoms with E-state index in [2.05, 4.69) is 19.2 Å². The number of rotatable bonds is 44. The maximum atomic E-state index is 12.5. The van der Waals surface area contributed by atoms with E-state index >= 15 is 0 Å². The molecule has 0 heterocycles. The monoisotopic (exact) mass is 750 g/mol. The van der Waals surface area contributed by atoms with Gasteiger partial charge in [0.15, 0.2) is 0 Å². The molecule has 0 saturated heterocycles. The van der Waals surface area contributed by atoms with Gasteiger partial charge < -0.3 is 20.6 Å². The minimum Gasteiger partial charge on any atom is -0.394 e. The summed E-state index contributed by atoms with van der Waals surface area (Å²) >= 11 is 0. The minimum absolute atomic E-state index is 0.359. The molecular weight excluding hydrogens is 655 g/mol. The highest BCUT2D eigenvalue weighted by Gasteiger charge is 2.22. The zero-order valence-corrected chi connectivity index (χ0v) is 35.9. The number of allylic oxidation sites excluding steroid dienone is 1. The van der Waals surface area contributed by atoms with Crippen molar-refractivity contribution in [3.05, 3.63) is 12.2 Å². The average molecular weight is 750 g/mol. The van der Waals surface area contributed by atoms with Crippen LogP contribution in [0.25, 0.3) is 0 Å². The van der Waals surface area contributed by atoms with E-state index in [1.807, 2.05) is 6.08 Å². The second kappa shape index (κ2) is 43.8. The van der Waals surface area contributed by atoms with Crippen molar-refractivity contribution in [2.75, 3.05) is 6.61 Å². The molecule has 0 rings (SSSR count). The highest BCUT2D eigenvalue weighted by molar-refractivity contribution is 5.80. The number of carbonyl (C=O) groups is 1. The molecule has 0 fully saturated rings. The van der Waals surface area contributed by atoms with Crippen molar-refractivity contribution < 1.29 is 20.1 Å². The molecule has 0 aromatic rings. The molecular formula is C48H95NO4. The summed E-state index contributed by atoms with van der Waals surface area (Å²) in [6.45, 7) is 4.21. The van der Waals surface area contributed by atoms with Crippen molar-refractivity contribution in [3.8, 4) is 0 Å². The number of aliphatic hydroxyl groups is 3. The predicted molar refractivity (Wildman–Crippen MR) is 232 cm³/mol. The van der Waals surface area contributed by atoms with Gasteiger partial charge in [0.2, 0.25) is 5.91 Å². The van der Waals surface area contributed by atoms with E-state index in [0.29, 0.717) is 6.42 Å². The molecule has 3 unspecified atom stereocenters. The summed E-state index contributed by atoms with van der Waals surface area (Å²) in [7, 11) is 0. The van der Waals surface area contributed by atoms with E-state index in [1.54, 1.807) is 6.08 Å². The van der Waals surface area contributed by atoms with Crippen molar-refractivity contribution >= 4 is 5.91 Å². The maximum Gasteiger partial charge on any atom is 0.249 e. The van der Waals surface area contributed by atoms with Crippen LogP contribution < -0.4 is 5.32 Å². The Balaban J connectivity index is 3.58. The van der Waals surface area contributed by atoms with Crippen molar-refractivity contribution in [2.45, 2.75) is 283 Å². The van der Waals surface area contributed by atoms with Crippen molar-refractivity contribution in [1.29, 1.82) is 0 Å². The van der Waals surface area contributed by atoms with Gasteiger partial charge in [-0.1, -0.05) is 257 Å². The van der Waals surface area contributed by atoms with Crippen LogP contribution in [0.15, 0.2) is 12.2 Å². The molecule has 316 valence electrons. The van der Waals surface area contributed by atoms with Gasteiger partial charge >= 0.3 is 0 Å². The molecule has 0 aliphatic carbocycles. The fourth-order valence-electron chi connectivity index (χ4n) is 7.60. The Morgan fingerprint density at radius 1 is 0.453 bits per heavy atom. The summed E-state index contributed by atoms with van der Waals surface area (Å²) < 4.78 is 0. The quantitative estimate of drug-likeness (QED) is 0.0369. The molecule has 5 heteroatoms. The first kappa shape index (κ1) is 52.1. The number of aliphatic hydroxyl groups excluding tert-OH is 3. The van der Waals surface area contributed by atoms with Crippen LogP contribution in [0, 0.1) is 0 Å². The van der Waals surface area contributed by atoms with Gasteiger partial charge in [0.25, 0.3) is 0 Å². The molecule has 0 aromatic heterocycles. The number of hydrogen-bond donors (Lipinski definition) is 4. The summed E-state index contributed by atoms with van der Waals surface area (Å²) in [5, 5.41) is 33.2. The molecule has 0 radical (unpaired) electrons. The third kappa shape index (κ3) is 39.1. The fourth-order valence-corrected chi connectivity index (χ4v) is 7.60. The Labute approximate surface area is 331 Å². The number of unbranched alkanes of at least 4 members (excludes halogenated alkanes) is 36. The highest BCUT2D eigenvalue weighted by atomic mass is 16.3. The molecule has 0 saturated carbocycles. The molecule has 0 aliphatic rings. The lowest BCUT2D eigenvalue weighted by Crippen LogP contribution is -2.48. The standard InChI is InChI=1S/C48H95NO4/c1-3-5-7-9-11-13-15-17-19-21-22-23-24-25-26-27-29-31-33-35-37-39-41-43-47(52)48(53)49-45(44-50)46(51)42-40-38-36-34-32-30-28-20-18-16-14-12-10-8-6-4-2/h40,42,45-47,50-52H,3-39,41,43-44H2,1-2H3,(H,49,53)/b42-40+. The maximum absolute atomic E-state index is 12.5. The topological polar surface area (TPSA) is 89.8 Å². The fraction of sp³-hybridized carbons (Fsp3) is 0.938. The summed E-state index contributed by atoms with van der Waals surface area (Å²) in [6.07, 6.45) is 52.6. The van der Waals surface area contributed by atoms with Gasteiger partial charge in [-0.3, -0.25) is 4.79 Å². The van der Waals surface area contributed by atoms with Crippen LogP contribution >= 0.6 is 0 Å². The van der Waals surface area contributed by atoms with E-state index in [1.165, 1.54) is 212 Å². The molecule has 0 bridgehead atoms. The summed E-state index contributed by atoms with van der Waals surface area (Å²) in [5.74, 6) is -0.498. The molecule has 0 aliphatic heterocycles. The molecule has 0 aromatic carbocycles. The highest BCUT2D eigenvalue weighted by Crippen LogP contribution is 2.17. The minimum atomic E-state index is -1.09. The molecule has 5 nitrogen and oxygen atoms in total. The van der Waals surface area contributed by atoms with E-state index in [4.69, 9.17) is 0 Å². The second-order valence-corrected chi connectivity index (χ2v) is 16.7. The molecule has 53 heavy (non-hydrogen) atoms. The summed E-state index contributed by atoms with van der Waals surface area (Å²) in [4.78, 5) is 12.5. The van der Waals surface area contributed by atoms with Crippen LogP contribution in [0.3, 0.4) is 0 Å². The number of carbonyl (C=O) groups excluding carboxylic acids is 1. The van der Waals surface area contributed by atoms with E-state index in [9.17, 15) is 20.1 Å². The van der Waals surface area contributed by atoms with Crippen LogP contribution in [0.5, 0.6) is 0 Å². The number of amides is 1. The lowest BCUT2D eigenvalue weighted by Gasteiger charge is -2.21. The predicted octanol–water partition coefficient (Wildman–Crippen LogP) is 14.0. The zero-order valence-electron chi connectivity index (χ0n) is 35.9. The molecule has 4 N–H and O–H groups in total. The van der Waals surface area contributed by atoms with E-state index < -0.39 is 24.2 Å². The molecule has 3 atom stereocenters.